The molecule has 0 aliphatic carbocycles. The Hall–Kier alpha value is -1.78. The van der Waals surface area contributed by atoms with Crippen LogP contribution in [0.5, 0.6) is 0 Å². The van der Waals surface area contributed by atoms with E-state index < -0.39 is 0 Å². The molecule has 2 unspecified atom stereocenters. The first-order valence-corrected chi connectivity index (χ1v) is 6.38. The summed E-state index contributed by atoms with van der Waals surface area (Å²) in [4.78, 5) is 3.78. The minimum absolute atomic E-state index is 0.114. The zero-order valence-electron chi connectivity index (χ0n) is 10.9. The second-order valence-corrected chi connectivity index (χ2v) is 4.47. The average molecular weight is 259 g/mol. The number of aromatic nitrogens is 1. The van der Waals surface area contributed by atoms with Gasteiger partial charge in [0, 0.05) is 17.7 Å². The number of nitrogens with one attached hydrogen (secondary N) is 1. The van der Waals surface area contributed by atoms with Gasteiger partial charge in [0.1, 0.15) is 5.82 Å². The van der Waals surface area contributed by atoms with E-state index in [1.165, 1.54) is 6.20 Å². The molecule has 19 heavy (non-hydrogen) atoms. The van der Waals surface area contributed by atoms with E-state index in [0.29, 0.717) is 5.56 Å². The van der Waals surface area contributed by atoms with Crippen LogP contribution in [0.1, 0.15) is 36.4 Å². The van der Waals surface area contributed by atoms with Gasteiger partial charge in [-0.1, -0.05) is 37.3 Å². The monoisotopic (exact) mass is 259 g/mol. The molecular formula is C15H18FN3. The molecule has 0 spiro atoms. The lowest BCUT2D eigenvalue weighted by Gasteiger charge is -2.26. The molecule has 0 aliphatic heterocycles. The van der Waals surface area contributed by atoms with E-state index in [-0.39, 0.29) is 17.8 Å². The second kappa shape index (κ2) is 6.41. The number of halogens is 1. The van der Waals surface area contributed by atoms with Crippen LogP contribution >= 0.6 is 0 Å². The second-order valence-electron chi connectivity index (χ2n) is 4.47. The molecule has 4 heteroatoms. The molecule has 3 N–H and O–H groups in total. The highest BCUT2D eigenvalue weighted by Gasteiger charge is 2.24. The Labute approximate surface area is 112 Å². The van der Waals surface area contributed by atoms with E-state index in [9.17, 15) is 4.39 Å². The van der Waals surface area contributed by atoms with Gasteiger partial charge in [-0.3, -0.25) is 16.3 Å². The minimum atomic E-state index is -0.333. The molecule has 2 aromatic rings. The molecule has 3 nitrogen and oxygen atoms in total. The lowest BCUT2D eigenvalue weighted by Crippen LogP contribution is -2.33. The molecular weight excluding hydrogens is 241 g/mol. The summed E-state index contributed by atoms with van der Waals surface area (Å²) in [6.45, 7) is 2.07. The number of nitrogens with two attached hydrogens (primary N) is 1. The summed E-state index contributed by atoms with van der Waals surface area (Å²) >= 11 is 0. The van der Waals surface area contributed by atoms with Gasteiger partial charge in [-0.05, 0) is 18.1 Å². The molecule has 0 saturated heterocycles. The van der Waals surface area contributed by atoms with E-state index >= 15 is 0 Å². The number of benzene rings is 1. The van der Waals surface area contributed by atoms with Crippen LogP contribution in [-0.4, -0.2) is 4.98 Å². The van der Waals surface area contributed by atoms with Crippen LogP contribution in [0.3, 0.4) is 0 Å². The van der Waals surface area contributed by atoms with E-state index in [4.69, 9.17) is 5.84 Å². The molecule has 1 aromatic carbocycles. The Balaban J connectivity index is 2.38. The molecule has 0 saturated carbocycles. The molecule has 0 fully saturated rings. The molecule has 0 radical (unpaired) electrons. The van der Waals surface area contributed by atoms with Crippen molar-refractivity contribution < 1.29 is 4.39 Å². The van der Waals surface area contributed by atoms with E-state index in [1.54, 1.807) is 12.3 Å². The van der Waals surface area contributed by atoms with Crippen LogP contribution in [0, 0.1) is 5.82 Å². The zero-order valence-corrected chi connectivity index (χ0v) is 10.9. The molecule has 0 amide bonds. The Kier molecular flexibility index (Phi) is 4.60. The summed E-state index contributed by atoms with van der Waals surface area (Å²) in [5.74, 6) is 5.43. The van der Waals surface area contributed by atoms with Crippen LogP contribution < -0.4 is 11.3 Å². The normalized spacial score (nSPS) is 14.1. The van der Waals surface area contributed by atoms with Crippen LogP contribution in [0.15, 0.2) is 48.8 Å². The van der Waals surface area contributed by atoms with Gasteiger partial charge in [-0.25, -0.2) is 4.39 Å². The predicted molar refractivity (Wildman–Crippen MR) is 73.7 cm³/mol. The molecule has 2 rings (SSSR count). The molecule has 1 aromatic heterocycles. The van der Waals surface area contributed by atoms with Gasteiger partial charge in [0.05, 0.1) is 12.2 Å². The molecule has 2 atom stereocenters. The highest BCUT2D eigenvalue weighted by Crippen LogP contribution is 2.33. The first-order valence-electron chi connectivity index (χ1n) is 6.38. The lowest BCUT2D eigenvalue weighted by atomic mass is 9.85. The van der Waals surface area contributed by atoms with Crippen molar-refractivity contribution >= 4 is 0 Å². The zero-order chi connectivity index (χ0) is 13.7. The van der Waals surface area contributed by atoms with Crippen molar-refractivity contribution in [2.24, 2.45) is 5.84 Å². The number of hydrazine groups is 1. The lowest BCUT2D eigenvalue weighted by molar-refractivity contribution is 0.426. The molecule has 0 aliphatic rings. The van der Waals surface area contributed by atoms with Gasteiger partial charge in [-0.2, -0.15) is 0 Å². The summed E-state index contributed by atoms with van der Waals surface area (Å²) in [6.07, 6.45) is 3.67. The Morgan fingerprint density at radius 2 is 2.00 bits per heavy atom. The largest absolute Gasteiger partial charge is 0.271 e. The van der Waals surface area contributed by atoms with Crippen LogP contribution in [-0.2, 0) is 0 Å². The maximum absolute atomic E-state index is 13.9. The number of pyridine rings is 1. The van der Waals surface area contributed by atoms with Crippen molar-refractivity contribution in [1.82, 2.24) is 10.4 Å². The Bertz CT molecular complexity index is 516. The number of hydrogen-bond acceptors (Lipinski definition) is 3. The average Bonchev–Trinajstić information content (AvgIpc) is 2.46. The summed E-state index contributed by atoms with van der Waals surface area (Å²) in [7, 11) is 0. The van der Waals surface area contributed by atoms with Gasteiger partial charge in [-0.15, -0.1) is 0 Å². The van der Waals surface area contributed by atoms with E-state index in [2.05, 4.69) is 17.3 Å². The van der Waals surface area contributed by atoms with Gasteiger partial charge < -0.3 is 0 Å². The minimum Gasteiger partial charge on any atom is -0.271 e. The fraction of sp³-hybridized carbons (Fsp3) is 0.267. The van der Waals surface area contributed by atoms with Crippen molar-refractivity contribution in [2.75, 3.05) is 0 Å². The fourth-order valence-corrected chi connectivity index (χ4v) is 2.42. The quantitative estimate of drug-likeness (QED) is 0.641. The third-order valence-corrected chi connectivity index (χ3v) is 3.39. The number of nitrogens with zero attached hydrogens (tertiary/aromatic N) is 1. The summed E-state index contributed by atoms with van der Waals surface area (Å²) < 4.78 is 13.9. The van der Waals surface area contributed by atoms with Crippen LogP contribution in [0.4, 0.5) is 4.39 Å². The summed E-state index contributed by atoms with van der Waals surface area (Å²) in [6, 6.07) is 11.4. The standard InChI is InChI=1S/C15H18FN3/c1-2-12(11-6-4-3-5-7-11)15(19-17)13-8-9-18-10-14(13)16/h3-10,12,15,19H,2,17H2,1H3. The third kappa shape index (κ3) is 2.97. The van der Waals surface area contributed by atoms with Crippen molar-refractivity contribution in [2.45, 2.75) is 25.3 Å². The Morgan fingerprint density at radius 3 is 2.58 bits per heavy atom. The maximum atomic E-state index is 13.9. The van der Waals surface area contributed by atoms with Gasteiger partial charge >= 0.3 is 0 Å². The summed E-state index contributed by atoms with van der Waals surface area (Å²) in [5, 5.41) is 0. The van der Waals surface area contributed by atoms with E-state index in [0.717, 1.165) is 12.0 Å². The third-order valence-electron chi connectivity index (χ3n) is 3.39. The maximum Gasteiger partial charge on any atom is 0.146 e. The van der Waals surface area contributed by atoms with Gasteiger partial charge in [0.25, 0.3) is 0 Å². The highest BCUT2D eigenvalue weighted by molar-refractivity contribution is 5.27. The van der Waals surface area contributed by atoms with Crippen molar-refractivity contribution in [3.63, 3.8) is 0 Å². The number of rotatable bonds is 5. The van der Waals surface area contributed by atoms with Gasteiger partial charge in [0.15, 0.2) is 0 Å². The van der Waals surface area contributed by atoms with Crippen molar-refractivity contribution in [3.8, 4) is 0 Å². The molecule has 0 bridgehead atoms. The van der Waals surface area contributed by atoms with Crippen molar-refractivity contribution in [1.29, 1.82) is 0 Å². The first kappa shape index (κ1) is 13.6. The topological polar surface area (TPSA) is 50.9 Å². The predicted octanol–water partition coefficient (Wildman–Crippen LogP) is 2.92. The van der Waals surface area contributed by atoms with E-state index in [1.807, 2.05) is 30.3 Å². The SMILES string of the molecule is CCC(c1ccccc1)C(NN)c1ccncc1F. The fourth-order valence-electron chi connectivity index (χ4n) is 2.42. The van der Waals surface area contributed by atoms with Crippen LogP contribution in [0.25, 0.3) is 0 Å². The number of hydrogen-bond donors (Lipinski definition) is 2. The smallest absolute Gasteiger partial charge is 0.146 e. The Morgan fingerprint density at radius 1 is 1.26 bits per heavy atom. The first-order chi connectivity index (χ1) is 9.27. The summed E-state index contributed by atoms with van der Waals surface area (Å²) in [5.41, 5.74) is 4.43. The molecule has 1 heterocycles. The van der Waals surface area contributed by atoms with Gasteiger partial charge in [0.2, 0.25) is 0 Å². The highest BCUT2D eigenvalue weighted by atomic mass is 19.1. The molecule has 100 valence electrons. The van der Waals surface area contributed by atoms with Crippen LogP contribution in [0.2, 0.25) is 0 Å². The van der Waals surface area contributed by atoms with Crippen molar-refractivity contribution in [3.05, 3.63) is 65.7 Å².